The molecule has 0 saturated heterocycles. The van der Waals surface area contributed by atoms with Crippen LogP contribution in [0.5, 0.6) is 0 Å². The molecule has 94 heavy (non-hydrogen) atoms. The predicted octanol–water partition coefficient (Wildman–Crippen LogP) is 26.0. The molecule has 0 saturated carbocycles. The fourth-order valence-electron chi connectivity index (χ4n) is 11.6. The molecule has 0 bridgehead atoms. The molecule has 0 N–H and O–H groups in total. The summed E-state index contributed by atoms with van der Waals surface area (Å²) in [6.07, 6.45) is 104. The van der Waals surface area contributed by atoms with Gasteiger partial charge in [0.05, 0.1) is 27.7 Å². The van der Waals surface area contributed by atoms with Crippen molar-refractivity contribution in [1.82, 2.24) is 0 Å². The monoisotopic (exact) mass is 1330 g/mol. The average molecular weight is 1340 g/mol. The van der Waals surface area contributed by atoms with Gasteiger partial charge in [0.1, 0.15) is 19.8 Å². The number of carbonyl (C=O) groups excluding carboxylic acids is 2. The Labute approximate surface area is 583 Å². The second-order valence-corrected chi connectivity index (χ2v) is 29.4. The number of hydrogen-bond donors (Lipinski definition) is 0. The van der Waals surface area contributed by atoms with E-state index in [0.717, 1.165) is 83.5 Å². The van der Waals surface area contributed by atoms with Gasteiger partial charge in [-0.3, -0.25) is 14.2 Å². The van der Waals surface area contributed by atoms with Crippen LogP contribution in [-0.4, -0.2) is 70.0 Å². The minimum absolute atomic E-state index is 0.0301. The number of phosphoric acid groups is 1. The van der Waals surface area contributed by atoms with Crippen LogP contribution in [0.15, 0.2) is 97.2 Å². The zero-order valence-electron chi connectivity index (χ0n) is 62.4. The zero-order chi connectivity index (χ0) is 68.3. The van der Waals surface area contributed by atoms with Gasteiger partial charge < -0.3 is 27.9 Å². The van der Waals surface area contributed by atoms with Crippen molar-refractivity contribution in [2.24, 2.45) is 0 Å². The standard InChI is InChI=1S/C84H152NO8P/c1-6-8-10-12-14-16-18-20-22-24-26-28-30-32-34-36-38-40-41-42-43-45-47-49-51-53-55-57-59-61-63-65-67-69-71-73-75-77-84(87)93-82(81-92-94(88,89)91-79-78-85(3,4)5)80-90-83(86)76-74-72-70-68-66-64-62-60-58-56-54-52-50-48-46-44-39-37-35-33-31-29-27-25-23-21-19-17-15-13-11-9-7-2/h8-11,14-17,20-23,26-29,82H,6-7,12-13,18-19,24-25,30-81H2,1-5H3/b10-8-,11-9-,16-14-,17-15-,22-20-,23-21-,28-26-,29-27-. The van der Waals surface area contributed by atoms with Crippen molar-refractivity contribution in [3.05, 3.63) is 97.2 Å². The Morgan fingerprint density at radius 2 is 0.574 bits per heavy atom. The van der Waals surface area contributed by atoms with Crippen molar-refractivity contribution in [1.29, 1.82) is 0 Å². The molecule has 546 valence electrons. The van der Waals surface area contributed by atoms with E-state index in [9.17, 15) is 19.0 Å². The normalized spacial score (nSPS) is 13.6. The number of allylic oxidation sites excluding steroid dienone is 16. The van der Waals surface area contributed by atoms with Gasteiger partial charge in [0.15, 0.2) is 6.10 Å². The molecule has 0 fully saturated rings. The highest BCUT2D eigenvalue weighted by Gasteiger charge is 2.22. The molecule has 0 rings (SSSR count). The van der Waals surface area contributed by atoms with Crippen LogP contribution >= 0.6 is 7.82 Å². The van der Waals surface area contributed by atoms with E-state index in [1.165, 1.54) is 257 Å². The van der Waals surface area contributed by atoms with Gasteiger partial charge in [0.25, 0.3) is 7.82 Å². The fraction of sp³-hybridized carbons (Fsp3) is 0.786. The lowest BCUT2D eigenvalue weighted by Gasteiger charge is -2.28. The number of hydrogen-bond acceptors (Lipinski definition) is 8. The van der Waals surface area contributed by atoms with E-state index in [1.807, 2.05) is 21.1 Å². The molecule has 0 aliphatic rings. The highest BCUT2D eigenvalue weighted by molar-refractivity contribution is 7.45. The topological polar surface area (TPSA) is 111 Å². The third-order valence-corrected chi connectivity index (χ3v) is 18.6. The summed E-state index contributed by atoms with van der Waals surface area (Å²) in [5.41, 5.74) is 0. The number of ether oxygens (including phenoxy) is 2. The van der Waals surface area contributed by atoms with Crippen LogP contribution in [0.1, 0.15) is 373 Å². The number of quaternary nitrogens is 1. The highest BCUT2D eigenvalue weighted by Crippen LogP contribution is 2.38. The van der Waals surface area contributed by atoms with Crippen molar-refractivity contribution in [3.63, 3.8) is 0 Å². The molecular weight excluding hydrogens is 1180 g/mol. The molecule has 0 spiro atoms. The Hall–Kier alpha value is -3.07. The van der Waals surface area contributed by atoms with Crippen molar-refractivity contribution in [2.75, 3.05) is 47.5 Å². The Kier molecular flexibility index (Phi) is 71.7. The molecule has 10 heteroatoms. The number of phosphoric ester groups is 1. The SMILES string of the molecule is CC/C=C\C/C=C\C/C=C\C/C=C\CCCCCCCCCCCCCCCCCCCCCCCCCCC(=O)OC(COC(=O)CCCCCCCCCCCCCCCCCCCCCC/C=C\C/C=C\C/C=C\C/C=C\CC)COP(=O)([O-])OCC[N+](C)(C)C. The maximum absolute atomic E-state index is 12.9. The number of nitrogens with zero attached hydrogens (tertiary/aromatic N) is 1. The molecule has 2 unspecified atom stereocenters. The zero-order valence-corrected chi connectivity index (χ0v) is 63.3. The number of esters is 2. The van der Waals surface area contributed by atoms with Gasteiger partial charge in [-0.1, -0.05) is 368 Å². The molecule has 0 aromatic heterocycles. The summed E-state index contributed by atoms with van der Waals surface area (Å²) in [6, 6.07) is 0. The third-order valence-electron chi connectivity index (χ3n) is 17.6. The second-order valence-electron chi connectivity index (χ2n) is 28.0. The Balaban J connectivity index is 3.92. The van der Waals surface area contributed by atoms with Crippen LogP contribution in [0.3, 0.4) is 0 Å². The largest absolute Gasteiger partial charge is 0.756 e. The van der Waals surface area contributed by atoms with Crippen LogP contribution in [0.25, 0.3) is 0 Å². The van der Waals surface area contributed by atoms with Crippen LogP contribution in [0, 0.1) is 0 Å². The van der Waals surface area contributed by atoms with Gasteiger partial charge in [-0.2, -0.15) is 0 Å². The van der Waals surface area contributed by atoms with E-state index in [4.69, 9.17) is 18.5 Å². The van der Waals surface area contributed by atoms with Crippen molar-refractivity contribution < 1.29 is 42.1 Å². The summed E-state index contributed by atoms with van der Waals surface area (Å²) in [5.74, 6) is -0.814. The number of rotatable bonds is 74. The van der Waals surface area contributed by atoms with Crippen molar-refractivity contribution in [3.8, 4) is 0 Å². The molecule has 0 aliphatic carbocycles. The summed E-state index contributed by atoms with van der Waals surface area (Å²) >= 11 is 0. The maximum Gasteiger partial charge on any atom is 0.306 e. The lowest BCUT2D eigenvalue weighted by Crippen LogP contribution is -2.37. The van der Waals surface area contributed by atoms with E-state index in [-0.39, 0.29) is 32.0 Å². The average Bonchev–Trinajstić information content (AvgIpc) is 1.56. The minimum atomic E-state index is -4.65. The first kappa shape index (κ1) is 90.9. The first-order chi connectivity index (χ1) is 46.0. The van der Waals surface area contributed by atoms with E-state index < -0.39 is 26.5 Å². The molecule has 0 aliphatic heterocycles. The number of likely N-dealkylation sites (N-methyl/N-ethyl adjacent to an activating group) is 1. The molecule has 0 amide bonds. The van der Waals surface area contributed by atoms with Crippen LogP contribution < -0.4 is 4.89 Å². The maximum atomic E-state index is 12.9. The van der Waals surface area contributed by atoms with Gasteiger partial charge in [-0.25, -0.2) is 0 Å². The quantitative estimate of drug-likeness (QED) is 0.0195. The van der Waals surface area contributed by atoms with Gasteiger partial charge >= 0.3 is 11.9 Å². The Bertz CT molecular complexity index is 1910. The lowest BCUT2D eigenvalue weighted by molar-refractivity contribution is -0.870. The molecule has 0 radical (unpaired) electrons. The fourth-order valence-corrected chi connectivity index (χ4v) is 12.3. The van der Waals surface area contributed by atoms with Crippen molar-refractivity contribution >= 4 is 19.8 Å². The second kappa shape index (κ2) is 74.2. The van der Waals surface area contributed by atoms with Crippen LogP contribution in [-0.2, 0) is 32.7 Å². The van der Waals surface area contributed by atoms with Crippen LogP contribution in [0.2, 0.25) is 0 Å². The molecular formula is C84H152NO8P. The third kappa shape index (κ3) is 77.9. The van der Waals surface area contributed by atoms with Crippen molar-refractivity contribution in [2.45, 2.75) is 380 Å². The van der Waals surface area contributed by atoms with E-state index in [0.29, 0.717) is 17.4 Å². The van der Waals surface area contributed by atoms with Gasteiger partial charge in [0.2, 0.25) is 0 Å². The molecule has 0 heterocycles. The van der Waals surface area contributed by atoms with E-state index >= 15 is 0 Å². The Morgan fingerprint density at radius 1 is 0.330 bits per heavy atom. The summed E-state index contributed by atoms with van der Waals surface area (Å²) in [4.78, 5) is 38.2. The molecule has 0 aromatic carbocycles. The molecule has 9 nitrogen and oxygen atoms in total. The van der Waals surface area contributed by atoms with E-state index in [1.54, 1.807) is 0 Å². The summed E-state index contributed by atoms with van der Waals surface area (Å²) in [7, 11) is 1.18. The summed E-state index contributed by atoms with van der Waals surface area (Å²) < 4.78 is 34.4. The number of carbonyl (C=O) groups is 2. The molecule has 2 atom stereocenters. The van der Waals surface area contributed by atoms with Gasteiger partial charge in [-0.15, -0.1) is 0 Å². The molecule has 0 aromatic rings. The number of unbranched alkanes of at least 4 members (excludes halogenated alkanes) is 44. The van der Waals surface area contributed by atoms with E-state index in [2.05, 4.69) is 111 Å². The first-order valence-corrected chi connectivity index (χ1v) is 41.4. The summed E-state index contributed by atoms with van der Waals surface area (Å²) in [6.45, 7) is 4.07. The lowest BCUT2D eigenvalue weighted by atomic mass is 10.0. The predicted molar refractivity (Wildman–Crippen MR) is 406 cm³/mol. The first-order valence-electron chi connectivity index (χ1n) is 39.9. The van der Waals surface area contributed by atoms with Gasteiger partial charge in [-0.05, 0) is 89.9 Å². The Morgan fingerprint density at radius 3 is 0.851 bits per heavy atom. The van der Waals surface area contributed by atoms with Gasteiger partial charge in [0, 0.05) is 12.8 Å². The van der Waals surface area contributed by atoms with Crippen LogP contribution in [0.4, 0.5) is 0 Å². The smallest absolute Gasteiger partial charge is 0.306 e. The highest BCUT2D eigenvalue weighted by atomic mass is 31.2. The summed E-state index contributed by atoms with van der Waals surface area (Å²) in [5, 5.41) is 0. The minimum Gasteiger partial charge on any atom is -0.756 e.